The minimum absolute atomic E-state index is 0.134. The standard InChI is InChI=1S/C15H24N2O2S/c1-10(2)19-12-5-6-14(11(3)9-12)17-15(18)13(16)7-8-20-4/h5-6,9-10,13H,7-8,16H2,1-4H3,(H,17,18)/t13-/m1/s1. The molecule has 0 aliphatic heterocycles. The van der Waals surface area contributed by atoms with Crippen molar-refractivity contribution in [1.29, 1.82) is 0 Å². The van der Waals surface area contributed by atoms with Crippen molar-refractivity contribution in [3.05, 3.63) is 23.8 Å². The fourth-order valence-electron chi connectivity index (χ4n) is 1.72. The Balaban J connectivity index is 2.66. The quantitative estimate of drug-likeness (QED) is 0.812. The van der Waals surface area contributed by atoms with Gasteiger partial charge in [0.1, 0.15) is 5.75 Å². The molecule has 1 atom stereocenters. The monoisotopic (exact) mass is 296 g/mol. The molecule has 0 aliphatic rings. The Morgan fingerprint density at radius 3 is 2.70 bits per heavy atom. The lowest BCUT2D eigenvalue weighted by Gasteiger charge is -2.15. The van der Waals surface area contributed by atoms with E-state index in [9.17, 15) is 4.79 Å². The van der Waals surface area contributed by atoms with Gasteiger partial charge in [0.25, 0.3) is 0 Å². The highest BCUT2D eigenvalue weighted by Gasteiger charge is 2.14. The predicted molar refractivity (Wildman–Crippen MR) is 86.5 cm³/mol. The van der Waals surface area contributed by atoms with E-state index in [1.807, 2.05) is 45.2 Å². The van der Waals surface area contributed by atoms with E-state index in [4.69, 9.17) is 10.5 Å². The van der Waals surface area contributed by atoms with Gasteiger partial charge >= 0.3 is 0 Å². The second-order valence-electron chi connectivity index (χ2n) is 5.02. The van der Waals surface area contributed by atoms with E-state index in [0.29, 0.717) is 6.42 Å². The molecule has 1 aromatic rings. The molecule has 0 bridgehead atoms. The number of aryl methyl sites for hydroxylation is 1. The van der Waals surface area contributed by atoms with Crippen LogP contribution in [0.3, 0.4) is 0 Å². The average molecular weight is 296 g/mol. The average Bonchev–Trinajstić information content (AvgIpc) is 2.38. The normalized spacial score (nSPS) is 12.3. The summed E-state index contributed by atoms with van der Waals surface area (Å²) < 4.78 is 5.62. The number of ether oxygens (including phenoxy) is 1. The molecule has 0 fully saturated rings. The zero-order chi connectivity index (χ0) is 15.1. The van der Waals surface area contributed by atoms with Crippen molar-refractivity contribution in [2.45, 2.75) is 39.3 Å². The second kappa shape index (κ2) is 8.17. The van der Waals surface area contributed by atoms with Crippen LogP contribution in [0, 0.1) is 6.92 Å². The lowest BCUT2D eigenvalue weighted by Crippen LogP contribution is -2.36. The van der Waals surface area contributed by atoms with Crippen molar-refractivity contribution < 1.29 is 9.53 Å². The van der Waals surface area contributed by atoms with Crippen molar-refractivity contribution >= 4 is 23.4 Å². The molecule has 0 aliphatic carbocycles. The number of rotatable bonds is 7. The molecule has 0 saturated carbocycles. The van der Waals surface area contributed by atoms with Crippen molar-refractivity contribution in [2.75, 3.05) is 17.3 Å². The van der Waals surface area contributed by atoms with E-state index >= 15 is 0 Å². The van der Waals surface area contributed by atoms with Crippen molar-refractivity contribution in [3.8, 4) is 5.75 Å². The van der Waals surface area contributed by atoms with Crippen LogP contribution >= 0.6 is 11.8 Å². The first-order valence-electron chi connectivity index (χ1n) is 6.76. The highest BCUT2D eigenvalue weighted by molar-refractivity contribution is 7.98. The molecule has 0 heterocycles. The molecule has 4 nitrogen and oxygen atoms in total. The maximum absolute atomic E-state index is 12.0. The van der Waals surface area contributed by atoms with Gasteiger partial charge in [-0.1, -0.05) is 0 Å². The van der Waals surface area contributed by atoms with Crippen LogP contribution in [0.2, 0.25) is 0 Å². The third-order valence-corrected chi connectivity index (χ3v) is 3.44. The summed E-state index contributed by atoms with van der Waals surface area (Å²) in [5.41, 5.74) is 7.60. The molecular weight excluding hydrogens is 272 g/mol. The van der Waals surface area contributed by atoms with Gasteiger partial charge in [-0.2, -0.15) is 11.8 Å². The summed E-state index contributed by atoms with van der Waals surface area (Å²) in [5, 5.41) is 2.87. The Bertz CT molecular complexity index is 449. The van der Waals surface area contributed by atoms with Crippen LogP contribution in [0.5, 0.6) is 5.75 Å². The minimum atomic E-state index is -0.464. The van der Waals surface area contributed by atoms with Crippen LogP contribution in [0.25, 0.3) is 0 Å². The molecular formula is C15H24N2O2S. The van der Waals surface area contributed by atoms with Crippen LogP contribution < -0.4 is 15.8 Å². The number of amides is 1. The Hall–Kier alpha value is -1.20. The first kappa shape index (κ1) is 16.9. The van der Waals surface area contributed by atoms with E-state index < -0.39 is 6.04 Å². The summed E-state index contributed by atoms with van der Waals surface area (Å²) >= 11 is 1.69. The van der Waals surface area contributed by atoms with Gasteiger partial charge in [-0.05, 0) is 63.0 Å². The summed E-state index contributed by atoms with van der Waals surface area (Å²) in [4.78, 5) is 12.0. The number of carbonyl (C=O) groups excluding carboxylic acids is 1. The van der Waals surface area contributed by atoms with Gasteiger partial charge in [0, 0.05) is 5.69 Å². The summed E-state index contributed by atoms with van der Waals surface area (Å²) in [6.45, 7) is 5.90. The number of nitrogens with one attached hydrogen (secondary N) is 1. The summed E-state index contributed by atoms with van der Waals surface area (Å²) in [7, 11) is 0. The Morgan fingerprint density at radius 2 is 2.15 bits per heavy atom. The van der Waals surface area contributed by atoms with E-state index in [-0.39, 0.29) is 12.0 Å². The first-order chi connectivity index (χ1) is 9.43. The van der Waals surface area contributed by atoms with Gasteiger partial charge in [-0.15, -0.1) is 0 Å². The SMILES string of the molecule is CSCC[C@@H](N)C(=O)Nc1ccc(OC(C)C)cc1C. The van der Waals surface area contributed by atoms with E-state index in [1.165, 1.54) is 0 Å². The smallest absolute Gasteiger partial charge is 0.241 e. The predicted octanol–water partition coefficient (Wildman–Crippen LogP) is 2.80. The van der Waals surface area contributed by atoms with Crippen molar-refractivity contribution in [2.24, 2.45) is 5.73 Å². The third-order valence-electron chi connectivity index (χ3n) is 2.80. The number of hydrogen-bond acceptors (Lipinski definition) is 4. The summed E-state index contributed by atoms with van der Waals surface area (Å²) in [5.74, 6) is 1.55. The van der Waals surface area contributed by atoms with Gasteiger partial charge in [-0.25, -0.2) is 0 Å². The fraction of sp³-hybridized carbons (Fsp3) is 0.533. The Morgan fingerprint density at radius 1 is 1.45 bits per heavy atom. The van der Waals surface area contributed by atoms with Crippen molar-refractivity contribution in [3.63, 3.8) is 0 Å². The highest BCUT2D eigenvalue weighted by Crippen LogP contribution is 2.22. The van der Waals surface area contributed by atoms with Gasteiger partial charge in [0.05, 0.1) is 12.1 Å². The van der Waals surface area contributed by atoms with E-state index in [2.05, 4.69) is 5.32 Å². The topological polar surface area (TPSA) is 64.4 Å². The summed E-state index contributed by atoms with van der Waals surface area (Å²) in [6, 6.07) is 5.17. The highest BCUT2D eigenvalue weighted by atomic mass is 32.2. The number of hydrogen-bond donors (Lipinski definition) is 2. The maximum atomic E-state index is 12.0. The molecule has 112 valence electrons. The molecule has 0 saturated heterocycles. The molecule has 5 heteroatoms. The number of carbonyl (C=O) groups is 1. The zero-order valence-electron chi connectivity index (χ0n) is 12.6. The number of anilines is 1. The Kier molecular flexibility index (Phi) is 6.88. The van der Waals surface area contributed by atoms with Gasteiger partial charge in [0.15, 0.2) is 0 Å². The molecule has 1 rings (SSSR count). The van der Waals surface area contributed by atoms with E-state index in [1.54, 1.807) is 11.8 Å². The van der Waals surface area contributed by atoms with Crippen molar-refractivity contribution in [1.82, 2.24) is 0 Å². The maximum Gasteiger partial charge on any atom is 0.241 e. The first-order valence-corrected chi connectivity index (χ1v) is 8.16. The van der Waals surface area contributed by atoms with E-state index in [0.717, 1.165) is 22.8 Å². The lowest BCUT2D eigenvalue weighted by molar-refractivity contribution is -0.117. The molecule has 1 aromatic carbocycles. The van der Waals surface area contributed by atoms with Gasteiger partial charge < -0.3 is 15.8 Å². The molecule has 0 aromatic heterocycles. The fourth-order valence-corrected chi connectivity index (χ4v) is 2.21. The minimum Gasteiger partial charge on any atom is -0.491 e. The van der Waals surface area contributed by atoms with Gasteiger partial charge in [-0.3, -0.25) is 4.79 Å². The molecule has 20 heavy (non-hydrogen) atoms. The van der Waals surface area contributed by atoms with Crippen LogP contribution in [0.15, 0.2) is 18.2 Å². The van der Waals surface area contributed by atoms with Crippen LogP contribution in [0.1, 0.15) is 25.8 Å². The molecule has 1 amide bonds. The number of nitrogens with two attached hydrogens (primary N) is 1. The summed E-state index contributed by atoms with van der Waals surface area (Å²) in [6.07, 6.45) is 2.82. The largest absolute Gasteiger partial charge is 0.491 e. The number of thioether (sulfide) groups is 1. The van der Waals surface area contributed by atoms with Crippen LogP contribution in [-0.2, 0) is 4.79 Å². The molecule has 0 unspecified atom stereocenters. The van der Waals surface area contributed by atoms with Crippen LogP contribution in [-0.4, -0.2) is 30.1 Å². The molecule has 0 spiro atoms. The van der Waals surface area contributed by atoms with Crippen LogP contribution in [0.4, 0.5) is 5.69 Å². The lowest BCUT2D eigenvalue weighted by atomic mass is 10.1. The number of benzene rings is 1. The molecule has 3 N–H and O–H groups in total. The molecule has 0 radical (unpaired) electrons. The van der Waals surface area contributed by atoms with Gasteiger partial charge in [0.2, 0.25) is 5.91 Å². The Labute approximate surface area is 125 Å². The zero-order valence-corrected chi connectivity index (χ0v) is 13.4. The third kappa shape index (κ3) is 5.43. The second-order valence-corrected chi connectivity index (χ2v) is 6.01.